The molecule has 0 unspecified atom stereocenters. The molecule has 17 heavy (non-hydrogen) atoms. The smallest absolute Gasteiger partial charge is 0.0560 e. The second kappa shape index (κ2) is 8.01. The predicted molar refractivity (Wildman–Crippen MR) is 79.6 cm³/mol. The number of nitrogen functional groups attached to an aromatic ring is 1. The van der Waals surface area contributed by atoms with Crippen LogP contribution in [0.15, 0.2) is 27.6 Å². The van der Waals surface area contributed by atoms with Crippen LogP contribution in [0, 0.1) is 5.92 Å². The average Bonchev–Trinajstić information content (AvgIpc) is 2.27. The first kappa shape index (κ1) is 14.9. The Labute approximate surface area is 116 Å². The third kappa shape index (κ3) is 6.34. The van der Waals surface area contributed by atoms with E-state index in [-0.39, 0.29) is 0 Å². The van der Waals surface area contributed by atoms with Gasteiger partial charge in [0.15, 0.2) is 0 Å². The van der Waals surface area contributed by atoms with Gasteiger partial charge in [0.1, 0.15) is 0 Å². The molecule has 1 aromatic carbocycles. The van der Waals surface area contributed by atoms with Crippen LogP contribution in [0.25, 0.3) is 0 Å². The molecule has 0 saturated heterocycles. The van der Waals surface area contributed by atoms with Crippen LogP contribution in [0.4, 0.5) is 5.69 Å². The zero-order chi connectivity index (χ0) is 12.7. The van der Waals surface area contributed by atoms with Crippen molar-refractivity contribution >= 4 is 33.4 Å². The summed E-state index contributed by atoms with van der Waals surface area (Å²) < 4.78 is 6.63. The molecule has 0 spiro atoms. The molecule has 0 aliphatic heterocycles. The maximum absolute atomic E-state index is 5.89. The molecule has 0 fully saturated rings. The highest BCUT2D eigenvalue weighted by atomic mass is 79.9. The van der Waals surface area contributed by atoms with E-state index in [1.54, 1.807) is 11.8 Å². The SMILES string of the molecule is CC(C)CCOCCSc1cc(Br)ccc1N. The monoisotopic (exact) mass is 317 g/mol. The number of benzene rings is 1. The largest absolute Gasteiger partial charge is 0.398 e. The Bertz CT molecular complexity index is 344. The van der Waals surface area contributed by atoms with Crippen molar-refractivity contribution in [2.24, 2.45) is 5.92 Å². The van der Waals surface area contributed by atoms with E-state index in [1.165, 1.54) is 0 Å². The van der Waals surface area contributed by atoms with Gasteiger partial charge in [0.2, 0.25) is 0 Å². The van der Waals surface area contributed by atoms with Gasteiger partial charge in [-0.1, -0.05) is 29.8 Å². The van der Waals surface area contributed by atoms with Crippen LogP contribution in [0.2, 0.25) is 0 Å². The minimum atomic E-state index is 0.711. The minimum Gasteiger partial charge on any atom is -0.398 e. The number of hydrogen-bond acceptors (Lipinski definition) is 3. The Kier molecular flexibility index (Phi) is 7.00. The Morgan fingerprint density at radius 2 is 2.12 bits per heavy atom. The fraction of sp³-hybridized carbons (Fsp3) is 0.538. The highest BCUT2D eigenvalue weighted by Crippen LogP contribution is 2.27. The summed E-state index contributed by atoms with van der Waals surface area (Å²) in [4.78, 5) is 1.12. The first-order valence-electron chi connectivity index (χ1n) is 5.85. The van der Waals surface area contributed by atoms with Crippen molar-refractivity contribution in [3.63, 3.8) is 0 Å². The summed E-state index contributed by atoms with van der Waals surface area (Å²) in [5.41, 5.74) is 6.72. The molecule has 0 radical (unpaired) electrons. The zero-order valence-corrected chi connectivity index (χ0v) is 12.8. The van der Waals surface area contributed by atoms with Gasteiger partial charge >= 0.3 is 0 Å². The maximum atomic E-state index is 5.89. The molecule has 0 aromatic heterocycles. The molecule has 96 valence electrons. The fourth-order valence-electron chi connectivity index (χ4n) is 1.26. The third-order valence-electron chi connectivity index (χ3n) is 2.30. The topological polar surface area (TPSA) is 35.2 Å². The van der Waals surface area contributed by atoms with Crippen LogP contribution in [-0.2, 0) is 4.74 Å². The van der Waals surface area contributed by atoms with Gasteiger partial charge in [-0.25, -0.2) is 0 Å². The predicted octanol–water partition coefficient (Wildman–Crippen LogP) is 4.19. The van der Waals surface area contributed by atoms with E-state index < -0.39 is 0 Å². The van der Waals surface area contributed by atoms with Crippen molar-refractivity contribution in [2.75, 3.05) is 24.7 Å². The van der Waals surface area contributed by atoms with Crippen LogP contribution in [0.1, 0.15) is 20.3 Å². The number of hydrogen-bond donors (Lipinski definition) is 1. The molecule has 0 aliphatic carbocycles. The molecular formula is C13H20BrNOS. The first-order valence-corrected chi connectivity index (χ1v) is 7.63. The third-order valence-corrected chi connectivity index (χ3v) is 3.83. The fourth-order valence-corrected chi connectivity index (χ4v) is 2.64. The van der Waals surface area contributed by atoms with Crippen LogP contribution in [0.5, 0.6) is 0 Å². The zero-order valence-electron chi connectivity index (χ0n) is 10.4. The van der Waals surface area contributed by atoms with Gasteiger partial charge < -0.3 is 10.5 Å². The standard InChI is InChI=1S/C13H20BrNOS/c1-10(2)5-6-16-7-8-17-13-9-11(14)3-4-12(13)15/h3-4,9-10H,5-8,15H2,1-2H3. The van der Waals surface area contributed by atoms with Gasteiger partial charge in [-0.2, -0.15) is 0 Å². The maximum Gasteiger partial charge on any atom is 0.0560 e. The Morgan fingerprint density at radius 3 is 2.82 bits per heavy atom. The van der Waals surface area contributed by atoms with Gasteiger partial charge in [-0.05, 0) is 30.5 Å². The molecule has 1 rings (SSSR count). The van der Waals surface area contributed by atoms with E-state index in [1.807, 2.05) is 18.2 Å². The van der Waals surface area contributed by atoms with E-state index in [9.17, 15) is 0 Å². The summed E-state index contributed by atoms with van der Waals surface area (Å²) >= 11 is 5.19. The van der Waals surface area contributed by atoms with Crippen molar-refractivity contribution in [2.45, 2.75) is 25.2 Å². The first-order chi connectivity index (χ1) is 8.09. The van der Waals surface area contributed by atoms with Gasteiger partial charge in [0.05, 0.1) is 6.61 Å². The van der Waals surface area contributed by atoms with E-state index in [2.05, 4.69) is 29.8 Å². The lowest BCUT2D eigenvalue weighted by molar-refractivity contribution is 0.138. The number of anilines is 1. The van der Waals surface area contributed by atoms with E-state index in [4.69, 9.17) is 10.5 Å². The average molecular weight is 318 g/mol. The van der Waals surface area contributed by atoms with Crippen LogP contribution in [0.3, 0.4) is 0 Å². The summed E-state index contributed by atoms with van der Waals surface area (Å²) in [6, 6.07) is 5.93. The lowest BCUT2D eigenvalue weighted by atomic mass is 10.1. The Balaban J connectivity index is 2.20. The normalized spacial score (nSPS) is 11.1. The molecule has 0 bridgehead atoms. The number of nitrogens with two attached hydrogens (primary N) is 1. The molecule has 2 N–H and O–H groups in total. The number of halogens is 1. The second-order valence-corrected chi connectivity index (χ2v) is 6.38. The van der Waals surface area contributed by atoms with Crippen LogP contribution in [-0.4, -0.2) is 19.0 Å². The van der Waals surface area contributed by atoms with Crippen molar-refractivity contribution in [3.8, 4) is 0 Å². The van der Waals surface area contributed by atoms with E-state index in [0.29, 0.717) is 5.92 Å². The lowest BCUT2D eigenvalue weighted by Crippen LogP contribution is -2.02. The molecule has 4 heteroatoms. The second-order valence-electron chi connectivity index (χ2n) is 4.33. The minimum absolute atomic E-state index is 0.711. The number of ether oxygens (including phenoxy) is 1. The molecule has 1 aromatic rings. The molecule has 0 saturated carbocycles. The number of rotatable bonds is 7. The molecule has 2 nitrogen and oxygen atoms in total. The summed E-state index contributed by atoms with van der Waals surface area (Å²) in [6.45, 7) is 6.05. The molecule has 0 heterocycles. The van der Waals surface area contributed by atoms with Crippen molar-refractivity contribution in [1.82, 2.24) is 0 Å². The van der Waals surface area contributed by atoms with Gasteiger partial charge in [0.25, 0.3) is 0 Å². The van der Waals surface area contributed by atoms with E-state index >= 15 is 0 Å². The van der Waals surface area contributed by atoms with E-state index in [0.717, 1.165) is 40.4 Å². The van der Waals surface area contributed by atoms with Crippen molar-refractivity contribution in [3.05, 3.63) is 22.7 Å². The van der Waals surface area contributed by atoms with Gasteiger partial charge in [-0.3, -0.25) is 0 Å². The van der Waals surface area contributed by atoms with Crippen LogP contribution < -0.4 is 5.73 Å². The lowest BCUT2D eigenvalue weighted by Gasteiger charge is -2.08. The highest BCUT2D eigenvalue weighted by molar-refractivity contribution is 9.10. The van der Waals surface area contributed by atoms with Crippen molar-refractivity contribution < 1.29 is 4.74 Å². The summed E-state index contributed by atoms with van der Waals surface area (Å²) in [5.74, 6) is 1.65. The van der Waals surface area contributed by atoms with Crippen LogP contribution >= 0.6 is 27.7 Å². The Hall–Kier alpha value is -0.190. The Morgan fingerprint density at radius 1 is 1.35 bits per heavy atom. The summed E-state index contributed by atoms with van der Waals surface area (Å²) in [7, 11) is 0. The van der Waals surface area contributed by atoms with Crippen molar-refractivity contribution in [1.29, 1.82) is 0 Å². The molecular weight excluding hydrogens is 298 g/mol. The summed E-state index contributed by atoms with van der Waals surface area (Å²) in [5, 5.41) is 0. The molecule has 0 atom stereocenters. The quantitative estimate of drug-likeness (QED) is 0.465. The summed E-state index contributed by atoms with van der Waals surface area (Å²) in [6.07, 6.45) is 1.13. The molecule has 0 aliphatic rings. The number of thioether (sulfide) groups is 1. The van der Waals surface area contributed by atoms with Gasteiger partial charge in [0, 0.05) is 27.4 Å². The van der Waals surface area contributed by atoms with Gasteiger partial charge in [-0.15, -0.1) is 11.8 Å². The highest BCUT2D eigenvalue weighted by Gasteiger charge is 2.01. The molecule has 0 amide bonds.